The van der Waals surface area contributed by atoms with Crippen LogP contribution in [-0.4, -0.2) is 0 Å². The van der Waals surface area contributed by atoms with Gasteiger partial charge in [-0.05, 0) is 102 Å². The molecule has 0 aliphatic rings. The highest BCUT2D eigenvalue weighted by atomic mass is 15.1. The van der Waals surface area contributed by atoms with Crippen LogP contribution < -0.4 is 4.90 Å². The van der Waals surface area contributed by atoms with Gasteiger partial charge in [-0.25, -0.2) is 0 Å². The van der Waals surface area contributed by atoms with Crippen LogP contribution in [0.2, 0.25) is 0 Å². The lowest BCUT2D eigenvalue weighted by molar-refractivity contribution is 1.28. The van der Waals surface area contributed by atoms with E-state index in [0.29, 0.717) is 5.56 Å². The maximum atomic E-state index is 9.38. The smallest absolute Gasteiger partial charge is 0.0645 e. The first kappa shape index (κ1) is 26.2. The average molecular weight is 654 g/mol. The largest absolute Gasteiger partial charge is 0.311 e. The lowest BCUT2D eigenvalue weighted by atomic mass is 9.89. The molecule has 0 aliphatic heterocycles. The molecule has 51 heavy (non-hydrogen) atoms. The van der Waals surface area contributed by atoms with Crippen LogP contribution in [0.15, 0.2) is 212 Å². The van der Waals surface area contributed by atoms with Gasteiger partial charge in [-0.1, -0.05) is 176 Å². The Labute approximate surface area is 305 Å². The summed E-state index contributed by atoms with van der Waals surface area (Å²) >= 11 is 0. The third-order valence-electron chi connectivity index (χ3n) is 9.55. The van der Waals surface area contributed by atoms with Crippen molar-refractivity contribution in [3.8, 4) is 44.5 Å². The molecule has 0 N–H and O–H groups in total. The van der Waals surface area contributed by atoms with Crippen LogP contribution >= 0.6 is 0 Å². The predicted octanol–water partition coefficient (Wildman–Crippen LogP) is 14.1. The van der Waals surface area contributed by atoms with Crippen molar-refractivity contribution in [2.45, 2.75) is 0 Å². The van der Waals surface area contributed by atoms with Crippen molar-refractivity contribution in [3.05, 3.63) is 212 Å². The standard InChI is InChI=1S/C50H35N/c1-3-12-39(13-4-1)49-35-30-40-15-8-10-20-48(40)50(49)42-28-33-45(34-29-42)51(43-17-5-2-6-18-43)44-31-26-37(27-32-44)36-22-24-41(25-23-36)47-21-11-16-38-14-7-9-19-46(38)47/h1-35H/i26D,27D,31D,32D. The third-order valence-corrected chi connectivity index (χ3v) is 9.55. The number of hydrogen-bond acceptors (Lipinski definition) is 1. The van der Waals surface area contributed by atoms with Crippen LogP contribution in [0.25, 0.3) is 66.1 Å². The molecule has 0 amide bonds. The highest BCUT2D eigenvalue weighted by molar-refractivity contribution is 6.04. The zero-order valence-corrected chi connectivity index (χ0v) is 27.8. The van der Waals surface area contributed by atoms with E-state index in [1.165, 1.54) is 0 Å². The summed E-state index contributed by atoms with van der Waals surface area (Å²) in [5, 5.41) is 4.60. The lowest BCUT2D eigenvalue weighted by Gasteiger charge is -2.26. The molecule has 240 valence electrons. The minimum atomic E-state index is -0.109. The molecule has 0 atom stereocenters. The second kappa shape index (κ2) is 13.3. The highest BCUT2D eigenvalue weighted by Gasteiger charge is 2.16. The Morgan fingerprint density at radius 3 is 1.55 bits per heavy atom. The Morgan fingerprint density at radius 2 is 0.824 bits per heavy atom. The Bertz CT molecular complexity index is 2800. The fraction of sp³-hybridized carbons (Fsp3) is 0. The first-order valence-electron chi connectivity index (χ1n) is 19.2. The summed E-state index contributed by atoms with van der Waals surface area (Å²) in [6, 6.07) is 62.8. The maximum absolute atomic E-state index is 9.38. The Hall–Kier alpha value is -6.70. The lowest BCUT2D eigenvalue weighted by Crippen LogP contribution is -2.09. The summed E-state index contributed by atoms with van der Waals surface area (Å²) in [4.78, 5) is 1.83. The fourth-order valence-corrected chi connectivity index (χ4v) is 7.06. The van der Waals surface area contributed by atoms with Crippen LogP contribution in [0, 0.1) is 0 Å². The normalized spacial score (nSPS) is 12.2. The van der Waals surface area contributed by atoms with E-state index < -0.39 is 0 Å². The van der Waals surface area contributed by atoms with Gasteiger partial charge in [-0.15, -0.1) is 0 Å². The quantitative estimate of drug-likeness (QED) is 0.165. The third kappa shape index (κ3) is 5.86. The zero-order valence-electron chi connectivity index (χ0n) is 31.8. The van der Waals surface area contributed by atoms with E-state index >= 15 is 0 Å². The average Bonchev–Trinajstić information content (AvgIpc) is 3.25. The molecule has 0 unspecified atom stereocenters. The maximum Gasteiger partial charge on any atom is 0.0645 e. The molecule has 0 heterocycles. The Balaban J connectivity index is 1.14. The number of anilines is 3. The zero-order chi connectivity index (χ0) is 37.5. The van der Waals surface area contributed by atoms with Crippen LogP contribution in [0.4, 0.5) is 17.1 Å². The second-order valence-electron chi connectivity index (χ2n) is 12.6. The molecule has 0 aromatic heterocycles. The second-order valence-corrected chi connectivity index (χ2v) is 12.6. The number of rotatable bonds is 7. The van der Waals surface area contributed by atoms with E-state index in [-0.39, 0.29) is 35.4 Å². The summed E-state index contributed by atoms with van der Waals surface area (Å²) < 4.78 is 37.3. The van der Waals surface area contributed by atoms with Gasteiger partial charge >= 0.3 is 0 Å². The monoisotopic (exact) mass is 653 g/mol. The van der Waals surface area contributed by atoms with Crippen molar-refractivity contribution in [1.29, 1.82) is 0 Å². The van der Waals surface area contributed by atoms with Gasteiger partial charge in [0.05, 0.1) is 5.48 Å². The van der Waals surface area contributed by atoms with Crippen molar-refractivity contribution < 1.29 is 5.48 Å². The van der Waals surface area contributed by atoms with Crippen molar-refractivity contribution >= 4 is 38.6 Å². The van der Waals surface area contributed by atoms with Gasteiger partial charge in [0, 0.05) is 17.1 Å². The molecule has 0 aliphatic carbocycles. The summed E-state index contributed by atoms with van der Waals surface area (Å²) in [5.74, 6) is 0. The highest BCUT2D eigenvalue weighted by Crippen LogP contribution is 2.41. The van der Waals surface area contributed by atoms with E-state index in [1.807, 2.05) is 95.9 Å². The van der Waals surface area contributed by atoms with Gasteiger partial charge < -0.3 is 4.90 Å². The molecule has 9 rings (SSSR count). The molecule has 9 aromatic rings. The number of para-hydroxylation sites is 1. The van der Waals surface area contributed by atoms with E-state index in [2.05, 4.69) is 97.1 Å². The molecule has 0 bridgehead atoms. The summed E-state index contributed by atoms with van der Waals surface area (Å²) in [6.07, 6.45) is 0. The molecular formula is C50H35N. The van der Waals surface area contributed by atoms with Crippen molar-refractivity contribution in [3.63, 3.8) is 0 Å². The van der Waals surface area contributed by atoms with Crippen molar-refractivity contribution in [2.75, 3.05) is 4.90 Å². The number of fused-ring (bicyclic) bond motifs is 2. The van der Waals surface area contributed by atoms with Crippen molar-refractivity contribution in [2.24, 2.45) is 0 Å². The van der Waals surface area contributed by atoms with Crippen LogP contribution in [0.3, 0.4) is 0 Å². The van der Waals surface area contributed by atoms with Gasteiger partial charge in [0.1, 0.15) is 0 Å². The molecule has 0 radical (unpaired) electrons. The SMILES string of the molecule is [2H]c1c([2H])c(N(c2ccccc2)c2ccc(-c3c(-c4ccccc4)ccc4ccccc34)cc2)c([2H])c([2H])c1-c1ccc(-c2cccc3ccccc23)cc1. The molecule has 9 aromatic carbocycles. The van der Waals surface area contributed by atoms with Gasteiger partial charge in [0.15, 0.2) is 0 Å². The van der Waals surface area contributed by atoms with Gasteiger partial charge in [0.25, 0.3) is 0 Å². The van der Waals surface area contributed by atoms with Crippen LogP contribution in [0.1, 0.15) is 5.48 Å². The molecule has 1 heteroatoms. The van der Waals surface area contributed by atoms with Gasteiger partial charge in [-0.3, -0.25) is 0 Å². The van der Waals surface area contributed by atoms with E-state index in [1.54, 1.807) is 0 Å². The number of nitrogens with zero attached hydrogens (tertiary/aromatic N) is 1. The predicted molar refractivity (Wildman–Crippen MR) is 218 cm³/mol. The number of benzene rings is 9. The van der Waals surface area contributed by atoms with E-state index in [4.69, 9.17) is 0 Å². The van der Waals surface area contributed by atoms with Crippen LogP contribution in [0.5, 0.6) is 0 Å². The minimum absolute atomic E-state index is 0.0882. The molecule has 1 nitrogen and oxygen atoms in total. The topological polar surface area (TPSA) is 3.24 Å². The molecule has 0 spiro atoms. The molecule has 0 saturated carbocycles. The van der Waals surface area contributed by atoms with E-state index in [0.717, 1.165) is 66.3 Å². The Morgan fingerprint density at radius 1 is 0.294 bits per heavy atom. The fourth-order valence-electron chi connectivity index (χ4n) is 7.06. The first-order chi connectivity index (χ1) is 27.0. The summed E-state index contributed by atoms with van der Waals surface area (Å²) in [5.41, 5.74) is 9.10. The van der Waals surface area contributed by atoms with Gasteiger partial charge in [0.2, 0.25) is 0 Å². The summed E-state index contributed by atoms with van der Waals surface area (Å²) in [7, 11) is 0. The first-order valence-corrected chi connectivity index (χ1v) is 17.2. The Kier molecular flexibility index (Phi) is 6.84. The number of hydrogen-bond donors (Lipinski definition) is 0. The molecule has 0 fully saturated rings. The van der Waals surface area contributed by atoms with Crippen molar-refractivity contribution in [1.82, 2.24) is 0 Å². The van der Waals surface area contributed by atoms with E-state index in [9.17, 15) is 5.48 Å². The van der Waals surface area contributed by atoms with Gasteiger partial charge in [-0.2, -0.15) is 0 Å². The minimum Gasteiger partial charge on any atom is -0.311 e. The van der Waals surface area contributed by atoms with Crippen LogP contribution in [-0.2, 0) is 0 Å². The molecule has 0 saturated heterocycles. The summed E-state index contributed by atoms with van der Waals surface area (Å²) in [6.45, 7) is 0. The molecular weight excluding hydrogens is 615 g/mol.